The van der Waals surface area contributed by atoms with E-state index < -0.39 is 9.84 Å². The highest BCUT2D eigenvalue weighted by atomic mass is 32.2. The fourth-order valence-electron chi connectivity index (χ4n) is 1.41. The van der Waals surface area contributed by atoms with E-state index in [0.29, 0.717) is 9.79 Å². The van der Waals surface area contributed by atoms with Gasteiger partial charge in [0.15, 0.2) is 0 Å². The van der Waals surface area contributed by atoms with E-state index in [-0.39, 0.29) is 9.79 Å². The number of thiol groups is 2. The quantitative estimate of drug-likeness (QED) is 0.830. The summed E-state index contributed by atoms with van der Waals surface area (Å²) in [6, 6.07) is 13.0. The molecular formula is C12H10O2S3. The van der Waals surface area contributed by atoms with Crippen molar-refractivity contribution >= 4 is 35.1 Å². The van der Waals surface area contributed by atoms with Crippen LogP contribution in [0.5, 0.6) is 0 Å². The average molecular weight is 282 g/mol. The van der Waals surface area contributed by atoms with Crippen molar-refractivity contribution in [3.8, 4) is 0 Å². The molecule has 2 aromatic carbocycles. The second-order valence-corrected chi connectivity index (χ2v) is 6.38. The van der Waals surface area contributed by atoms with Gasteiger partial charge >= 0.3 is 0 Å². The fourth-order valence-corrected chi connectivity index (χ4v) is 3.15. The lowest BCUT2D eigenvalue weighted by Gasteiger charge is -2.06. The van der Waals surface area contributed by atoms with Gasteiger partial charge in [0.05, 0.1) is 9.79 Å². The Morgan fingerprint density at radius 3 is 2.00 bits per heavy atom. The SMILES string of the molecule is O=S(=O)(c1ccccc1)c1ccc(S)c(S)c1. The van der Waals surface area contributed by atoms with Crippen molar-refractivity contribution < 1.29 is 8.42 Å². The standard InChI is InChI=1S/C12H10O2S3/c13-17(14,9-4-2-1-3-5-9)10-6-7-11(15)12(16)8-10/h1-8,15-16H. The zero-order valence-electron chi connectivity index (χ0n) is 8.74. The summed E-state index contributed by atoms with van der Waals surface area (Å²) in [7, 11) is -3.46. The van der Waals surface area contributed by atoms with E-state index in [1.54, 1.807) is 36.4 Å². The summed E-state index contributed by atoms with van der Waals surface area (Å²) < 4.78 is 24.5. The van der Waals surface area contributed by atoms with Gasteiger partial charge < -0.3 is 0 Å². The summed E-state index contributed by atoms with van der Waals surface area (Å²) in [4.78, 5) is 1.71. The second kappa shape index (κ2) is 4.76. The Labute approximate surface area is 111 Å². The van der Waals surface area contributed by atoms with E-state index in [1.807, 2.05) is 0 Å². The number of rotatable bonds is 2. The van der Waals surface area contributed by atoms with Crippen LogP contribution in [0.25, 0.3) is 0 Å². The van der Waals surface area contributed by atoms with Gasteiger partial charge in [-0.05, 0) is 30.3 Å². The molecule has 0 spiro atoms. The highest BCUT2D eigenvalue weighted by molar-refractivity contribution is 7.91. The van der Waals surface area contributed by atoms with Crippen LogP contribution in [0, 0.1) is 0 Å². The molecule has 0 heterocycles. The summed E-state index contributed by atoms with van der Waals surface area (Å²) in [5.41, 5.74) is 0. The third kappa shape index (κ3) is 2.51. The number of hydrogen-bond acceptors (Lipinski definition) is 4. The Bertz CT molecular complexity index is 634. The van der Waals surface area contributed by atoms with Gasteiger partial charge in [-0.3, -0.25) is 0 Å². The van der Waals surface area contributed by atoms with Crippen molar-refractivity contribution in [2.75, 3.05) is 0 Å². The van der Waals surface area contributed by atoms with Crippen molar-refractivity contribution in [3.63, 3.8) is 0 Å². The molecular weight excluding hydrogens is 272 g/mol. The van der Waals surface area contributed by atoms with Gasteiger partial charge in [0.2, 0.25) is 9.84 Å². The zero-order chi connectivity index (χ0) is 12.5. The molecule has 0 aliphatic heterocycles. The molecule has 0 atom stereocenters. The van der Waals surface area contributed by atoms with Crippen LogP contribution in [0.2, 0.25) is 0 Å². The minimum atomic E-state index is -3.46. The first-order valence-corrected chi connectivity index (χ1v) is 7.22. The predicted octanol–water partition coefficient (Wildman–Crippen LogP) is 3.10. The predicted molar refractivity (Wildman–Crippen MR) is 72.8 cm³/mol. The van der Waals surface area contributed by atoms with Gasteiger partial charge in [0.1, 0.15) is 0 Å². The molecule has 0 aliphatic carbocycles. The maximum absolute atomic E-state index is 12.2. The van der Waals surface area contributed by atoms with E-state index in [9.17, 15) is 8.42 Å². The molecule has 0 unspecified atom stereocenters. The van der Waals surface area contributed by atoms with E-state index in [4.69, 9.17) is 0 Å². The Kier molecular flexibility index (Phi) is 3.51. The Hall–Kier alpha value is -0.910. The normalized spacial score (nSPS) is 11.4. The van der Waals surface area contributed by atoms with E-state index >= 15 is 0 Å². The molecule has 0 radical (unpaired) electrons. The van der Waals surface area contributed by atoms with Gasteiger partial charge in [-0.15, -0.1) is 25.3 Å². The molecule has 2 aromatic rings. The Morgan fingerprint density at radius 1 is 0.765 bits per heavy atom. The highest BCUT2D eigenvalue weighted by Crippen LogP contribution is 2.26. The fraction of sp³-hybridized carbons (Fsp3) is 0. The van der Waals surface area contributed by atoms with Crippen molar-refractivity contribution in [3.05, 3.63) is 48.5 Å². The third-order valence-electron chi connectivity index (χ3n) is 2.31. The van der Waals surface area contributed by atoms with Crippen molar-refractivity contribution in [2.45, 2.75) is 19.6 Å². The van der Waals surface area contributed by atoms with Crippen molar-refractivity contribution in [1.82, 2.24) is 0 Å². The number of benzene rings is 2. The van der Waals surface area contributed by atoms with Crippen LogP contribution in [0.4, 0.5) is 0 Å². The van der Waals surface area contributed by atoms with Gasteiger partial charge in [-0.25, -0.2) is 8.42 Å². The first kappa shape index (κ1) is 12.5. The van der Waals surface area contributed by atoms with Crippen LogP contribution in [-0.2, 0) is 9.84 Å². The number of hydrogen-bond donors (Lipinski definition) is 2. The van der Waals surface area contributed by atoms with Gasteiger partial charge in [0, 0.05) is 9.79 Å². The van der Waals surface area contributed by atoms with E-state index in [1.165, 1.54) is 12.1 Å². The lowest BCUT2D eigenvalue weighted by molar-refractivity contribution is 0.595. The zero-order valence-corrected chi connectivity index (χ0v) is 11.3. The van der Waals surface area contributed by atoms with Gasteiger partial charge in [-0.2, -0.15) is 0 Å². The van der Waals surface area contributed by atoms with Gasteiger partial charge in [0.25, 0.3) is 0 Å². The van der Waals surface area contributed by atoms with Crippen molar-refractivity contribution in [1.29, 1.82) is 0 Å². The minimum Gasteiger partial charge on any atom is -0.219 e. The highest BCUT2D eigenvalue weighted by Gasteiger charge is 2.17. The summed E-state index contributed by atoms with van der Waals surface area (Å²) in [5.74, 6) is 0. The molecule has 0 bridgehead atoms. The third-order valence-corrected chi connectivity index (χ3v) is 5.01. The van der Waals surface area contributed by atoms with Crippen LogP contribution in [0.15, 0.2) is 68.1 Å². The lowest BCUT2D eigenvalue weighted by Crippen LogP contribution is -2.01. The molecule has 5 heteroatoms. The minimum absolute atomic E-state index is 0.228. The molecule has 0 aliphatic rings. The average Bonchev–Trinajstić information content (AvgIpc) is 2.33. The summed E-state index contributed by atoms with van der Waals surface area (Å²) >= 11 is 8.33. The molecule has 0 saturated carbocycles. The molecule has 0 N–H and O–H groups in total. The Balaban J connectivity index is 2.57. The van der Waals surface area contributed by atoms with Crippen LogP contribution in [0.3, 0.4) is 0 Å². The molecule has 0 amide bonds. The lowest BCUT2D eigenvalue weighted by atomic mass is 10.4. The van der Waals surface area contributed by atoms with Crippen LogP contribution >= 0.6 is 25.3 Å². The maximum atomic E-state index is 12.2. The second-order valence-electron chi connectivity index (χ2n) is 3.47. The maximum Gasteiger partial charge on any atom is 0.206 e. The molecule has 17 heavy (non-hydrogen) atoms. The number of sulfone groups is 1. The monoisotopic (exact) mass is 282 g/mol. The smallest absolute Gasteiger partial charge is 0.206 e. The first-order valence-electron chi connectivity index (χ1n) is 4.84. The summed E-state index contributed by atoms with van der Waals surface area (Å²) in [6.07, 6.45) is 0. The van der Waals surface area contributed by atoms with Crippen LogP contribution in [-0.4, -0.2) is 8.42 Å². The van der Waals surface area contributed by atoms with Crippen LogP contribution < -0.4 is 0 Å². The van der Waals surface area contributed by atoms with Crippen LogP contribution in [0.1, 0.15) is 0 Å². The van der Waals surface area contributed by atoms with Gasteiger partial charge in [-0.1, -0.05) is 18.2 Å². The van der Waals surface area contributed by atoms with E-state index in [2.05, 4.69) is 25.3 Å². The molecule has 0 saturated heterocycles. The summed E-state index contributed by atoms with van der Waals surface area (Å²) in [6.45, 7) is 0. The Morgan fingerprint density at radius 2 is 1.41 bits per heavy atom. The summed E-state index contributed by atoms with van der Waals surface area (Å²) in [5, 5.41) is 0. The molecule has 2 rings (SSSR count). The molecule has 0 aromatic heterocycles. The first-order chi connectivity index (χ1) is 8.01. The molecule has 88 valence electrons. The molecule has 0 fully saturated rings. The largest absolute Gasteiger partial charge is 0.219 e. The molecule has 2 nitrogen and oxygen atoms in total. The van der Waals surface area contributed by atoms with E-state index in [0.717, 1.165) is 0 Å². The topological polar surface area (TPSA) is 34.1 Å². The van der Waals surface area contributed by atoms with Crippen molar-refractivity contribution in [2.24, 2.45) is 0 Å².